The first-order valence-electron chi connectivity index (χ1n) is 12.0. The molecule has 0 radical (unpaired) electrons. The van der Waals surface area contributed by atoms with E-state index in [1.165, 1.54) is 25.5 Å². The lowest BCUT2D eigenvalue weighted by Gasteiger charge is -2.36. The molecule has 2 aliphatic heterocycles. The summed E-state index contributed by atoms with van der Waals surface area (Å²) in [6.45, 7) is 6.21. The van der Waals surface area contributed by atoms with Gasteiger partial charge >= 0.3 is 5.97 Å². The van der Waals surface area contributed by atoms with Crippen molar-refractivity contribution >= 4 is 17.7 Å². The summed E-state index contributed by atoms with van der Waals surface area (Å²) >= 11 is 0. The number of hydrogen-bond donors (Lipinski definition) is 0. The summed E-state index contributed by atoms with van der Waals surface area (Å²) in [7, 11) is 1.40. The van der Waals surface area contributed by atoms with Crippen LogP contribution < -0.4 is 4.90 Å². The van der Waals surface area contributed by atoms with Crippen LogP contribution in [0.5, 0.6) is 0 Å². The van der Waals surface area contributed by atoms with E-state index in [0.29, 0.717) is 17.9 Å². The second-order valence-electron chi connectivity index (χ2n) is 9.03. The largest absolute Gasteiger partial charge is 0.465 e. The van der Waals surface area contributed by atoms with Gasteiger partial charge in [-0.3, -0.25) is 9.69 Å². The normalized spacial score (nSPS) is 19.4. The fourth-order valence-corrected chi connectivity index (χ4v) is 4.86. The van der Waals surface area contributed by atoms with Gasteiger partial charge in [0.1, 0.15) is 5.82 Å². The molecule has 176 valence electrons. The van der Waals surface area contributed by atoms with Crippen LogP contribution >= 0.6 is 0 Å². The third kappa shape index (κ3) is 6.32. The maximum Gasteiger partial charge on any atom is 0.337 e. The summed E-state index contributed by atoms with van der Waals surface area (Å²) in [6, 6.07) is 13.6. The Morgan fingerprint density at radius 3 is 2.52 bits per heavy atom. The van der Waals surface area contributed by atoms with E-state index in [4.69, 9.17) is 4.74 Å². The Morgan fingerprint density at radius 2 is 1.82 bits per heavy atom. The number of hydrogen-bond acceptors (Lipinski definition) is 6. The Balaban J connectivity index is 1.20. The Hall–Kier alpha value is -2.93. The fourth-order valence-electron chi connectivity index (χ4n) is 4.86. The van der Waals surface area contributed by atoms with Gasteiger partial charge in [-0.25, -0.2) is 9.78 Å². The van der Waals surface area contributed by atoms with E-state index in [1.54, 1.807) is 0 Å². The predicted molar refractivity (Wildman–Crippen MR) is 128 cm³/mol. The number of ether oxygens (including phenoxy) is 1. The number of carbonyl (C=O) groups is 2. The summed E-state index contributed by atoms with van der Waals surface area (Å²) in [4.78, 5) is 35.6. The van der Waals surface area contributed by atoms with E-state index < -0.39 is 0 Å². The van der Waals surface area contributed by atoms with Crippen LogP contribution in [0.3, 0.4) is 0 Å². The van der Waals surface area contributed by atoms with E-state index in [1.807, 2.05) is 53.6 Å². The Bertz CT molecular complexity index is 911. The lowest BCUT2D eigenvalue weighted by atomic mass is 9.92. The number of nitrogens with zero attached hydrogens (tertiary/aromatic N) is 4. The summed E-state index contributed by atoms with van der Waals surface area (Å²) in [5.74, 6) is 1.53. The van der Waals surface area contributed by atoms with Crippen molar-refractivity contribution < 1.29 is 14.3 Å². The summed E-state index contributed by atoms with van der Waals surface area (Å²) in [6.07, 6.45) is 5.77. The molecule has 7 heteroatoms. The van der Waals surface area contributed by atoms with Gasteiger partial charge in [-0.15, -0.1) is 0 Å². The van der Waals surface area contributed by atoms with Crippen molar-refractivity contribution in [3.8, 4) is 0 Å². The highest BCUT2D eigenvalue weighted by atomic mass is 16.5. The average Bonchev–Trinajstić information content (AvgIpc) is 2.88. The van der Waals surface area contributed by atoms with Gasteiger partial charge in [0.2, 0.25) is 5.91 Å². The molecule has 1 aromatic carbocycles. The minimum atomic E-state index is -0.303. The van der Waals surface area contributed by atoms with Crippen LogP contribution in [0.4, 0.5) is 5.82 Å². The van der Waals surface area contributed by atoms with Crippen molar-refractivity contribution in [1.82, 2.24) is 14.8 Å². The molecule has 0 N–H and O–H groups in total. The van der Waals surface area contributed by atoms with Crippen molar-refractivity contribution in [3.05, 3.63) is 59.8 Å². The number of piperazine rings is 1. The number of benzene rings is 1. The molecule has 2 aliphatic rings. The van der Waals surface area contributed by atoms with Crippen LogP contribution in [-0.4, -0.2) is 73.0 Å². The van der Waals surface area contributed by atoms with Crippen LogP contribution in [0.15, 0.2) is 48.7 Å². The number of amides is 1. The lowest BCUT2D eigenvalue weighted by Crippen LogP contribution is -2.49. The maximum absolute atomic E-state index is 12.8. The Kier molecular flexibility index (Phi) is 7.94. The zero-order valence-electron chi connectivity index (χ0n) is 19.5. The van der Waals surface area contributed by atoms with Crippen molar-refractivity contribution in [1.29, 1.82) is 0 Å². The number of likely N-dealkylation sites (tertiary alicyclic amines) is 1. The van der Waals surface area contributed by atoms with Crippen LogP contribution in [-0.2, 0) is 16.1 Å². The number of pyridine rings is 1. The summed E-state index contributed by atoms with van der Waals surface area (Å²) in [5.41, 5.74) is 1.78. The van der Waals surface area contributed by atoms with E-state index >= 15 is 0 Å². The van der Waals surface area contributed by atoms with Crippen LogP contribution in [0, 0.1) is 5.92 Å². The third-order valence-electron chi connectivity index (χ3n) is 6.76. The Morgan fingerprint density at radius 1 is 1.03 bits per heavy atom. The molecule has 1 atom stereocenters. The molecule has 0 bridgehead atoms. The van der Waals surface area contributed by atoms with Gasteiger partial charge in [-0.2, -0.15) is 0 Å². The van der Waals surface area contributed by atoms with Crippen LogP contribution in [0.2, 0.25) is 0 Å². The van der Waals surface area contributed by atoms with Gasteiger partial charge in [0.25, 0.3) is 0 Å². The van der Waals surface area contributed by atoms with Crippen molar-refractivity contribution in [2.45, 2.75) is 32.2 Å². The third-order valence-corrected chi connectivity index (χ3v) is 6.76. The first-order chi connectivity index (χ1) is 16.1. The van der Waals surface area contributed by atoms with Crippen LogP contribution in [0.25, 0.3) is 0 Å². The van der Waals surface area contributed by atoms with Gasteiger partial charge in [0, 0.05) is 51.9 Å². The van der Waals surface area contributed by atoms with Crippen molar-refractivity contribution in [2.75, 3.05) is 51.3 Å². The monoisotopic (exact) mass is 450 g/mol. The highest BCUT2D eigenvalue weighted by Crippen LogP contribution is 2.23. The zero-order chi connectivity index (χ0) is 23.0. The molecule has 0 saturated carbocycles. The van der Waals surface area contributed by atoms with Gasteiger partial charge in [0.05, 0.1) is 12.7 Å². The molecule has 2 saturated heterocycles. The summed E-state index contributed by atoms with van der Waals surface area (Å²) < 4.78 is 4.77. The van der Waals surface area contributed by atoms with Gasteiger partial charge in [0.15, 0.2) is 0 Å². The van der Waals surface area contributed by atoms with E-state index in [2.05, 4.69) is 14.8 Å². The molecule has 7 nitrogen and oxygen atoms in total. The molecule has 4 rings (SSSR count). The highest BCUT2D eigenvalue weighted by molar-refractivity contribution is 5.89. The molecule has 3 heterocycles. The second kappa shape index (κ2) is 11.3. The molecule has 2 fully saturated rings. The number of carbonyl (C=O) groups excluding carboxylic acids is 2. The molecule has 0 spiro atoms. The molecule has 33 heavy (non-hydrogen) atoms. The minimum absolute atomic E-state index is 0.284. The van der Waals surface area contributed by atoms with Gasteiger partial charge < -0.3 is 14.5 Å². The standard InChI is InChI=1S/C26H34N4O3/c1-33-26(32)23-10-7-22(8-11-23)20-28-14-4-5-21(19-28)9-12-25(31)30-17-15-29(16-18-30)24-6-2-3-13-27-24/h2-3,6-8,10-11,13,21H,4-5,9,12,14-20H2,1H3. The fraction of sp³-hybridized carbons (Fsp3) is 0.500. The topological polar surface area (TPSA) is 66.0 Å². The first kappa shape index (κ1) is 23.2. The molecule has 1 amide bonds. The number of rotatable bonds is 7. The second-order valence-corrected chi connectivity index (χ2v) is 9.03. The smallest absolute Gasteiger partial charge is 0.337 e. The molecular formula is C26H34N4O3. The lowest BCUT2D eigenvalue weighted by molar-refractivity contribution is -0.131. The zero-order valence-corrected chi connectivity index (χ0v) is 19.5. The molecule has 1 aromatic heterocycles. The number of anilines is 1. The SMILES string of the molecule is COC(=O)c1ccc(CN2CCCC(CCC(=O)N3CCN(c4ccccn4)CC3)C2)cc1. The molecule has 0 aliphatic carbocycles. The maximum atomic E-state index is 12.8. The van der Waals surface area contributed by atoms with E-state index in [0.717, 1.165) is 58.1 Å². The summed E-state index contributed by atoms with van der Waals surface area (Å²) in [5, 5.41) is 0. The number of methoxy groups -OCH3 is 1. The Labute approximate surface area is 196 Å². The minimum Gasteiger partial charge on any atom is -0.465 e. The van der Waals surface area contributed by atoms with E-state index in [9.17, 15) is 9.59 Å². The number of piperidine rings is 1. The molecule has 2 aromatic rings. The molecular weight excluding hydrogens is 416 g/mol. The molecule has 1 unspecified atom stereocenters. The number of aromatic nitrogens is 1. The van der Waals surface area contributed by atoms with E-state index in [-0.39, 0.29) is 11.9 Å². The average molecular weight is 451 g/mol. The van der Waals surface area contributed by atoms with Crippen molar-refractivity contribution in [3.63, 3.8) is 0 Å². The quantitative estimate of drug-likeness (QED) is 0.604. The first-order valence-corrected chi connectivity index (χ1v) is 12.0. The van der Waals surface area contributed by atoms with Crippen molar-refractivity contribution in [2.24, 2.45) is 5.92 Å². The highest BCUT2D eigenvalue weighted by Gasteiger charge is 2.24. The van der Waals surface area contributed by atoms with Gasteiger partial charge in [-0.05, 0) is 61.6 Å². The van der Waals surface area contributed by atoms with Crippen LogP contribution in [0.1, 0.15) is 41.6 Å². The predicted octanol–water partition coefficient (Wildman–Crippen LogP) is 3.21. The van der Waals surface area contributed by atoms with Gasteiger partial charge in [-0.1, -0.05) is 18.2 Å². The number of esters is 1.